The lowest BCUT2D eigenvalue weighted by Crippen LogP contribution is -2.47. The van der Waals surface area contributed by atoms with Gasteiger partial charge in [-0.3, -0.25) is 14.1 Å². The van der Waals surface area contributed by atoms with Crippen molar-refractivity contribution in [1.82, 2.24) is 14.3 Å². The highest BCUT2D eigenvalue weighted by molar-refractivity contribution is 5.76. The minimum atomic E-state index is -0.199. The molecule has 1 aliphatic rings. The second-order valence-corrected chi connectivity index (χ2v) is 6.75. The van der Waals surface area contributed by atoms with Gasteiger partial charge in [-0.1, -0.05) is 11.1 Å². The van der Waals surface area contributed by atoms with Crippen LogP contribution in [0.1, 0.15) is 11.1 Å². The van der Waals surface area contributed by atoms with Crippen LogP contribution >= 0.6 is 0 Å². The maximum Gasteiger partial charge on any atom is 0.278 e. The first-order valence-electron chi connectivity index (χ1n) is 8.94. The highest BCUT2D eigenvalue weighted by atomic mass is 16.5. The number of aryl methyl sites for hydroxylation is 1. The van der Waals surface area contributed by atoms with Crippen LogP contribution in [0.4, 0.5) is 5.82 Å². The Bertz CT molecular complexity index is 1130. The lowest BCUT2D eigenvalue weighted by Gasteiger charge is -2.26. The molecule has 8 heteroatoms. The first kappa shape index (κ1) is 17.4. The number of ether oxygens (including phenoxy) is 1. The average molecular weight is 365 g/mol. The second kappa shape index (κ2) is 6.95. The number of nitrogens with zero attached hydrogens (tertiary/aromatic N) is 5. The average Bonchev–Trinajstić information content (AvgIpc) is 2.69. The number of morpholine rings is 1. The first-order valence-corrected chi connectivity index (χ1v) is 8.94. The number of nitriles is 1. The number of hydrogen-bond donors (Lipinski definition) is 1. The number of anilines is 1. The third kappa shape index (κ3) is 3.12. The molecule has 4 heterocycles. The Morgan fingerprint density at radius 3 is 2.89 bits per heavy atom. The Morgan fingerprint density at radius 1 is 1.37 bits per heavy atom. The zero-order valence-corrected chi connectivity index (χ0v) is 15.2. The van der Waals surface area contributed by atoms with E-state index in [9.17, 15) is 10.1 Å². The molecule has 4 rings (SSSR count). The van der Waals surface area contributed by atoms with Crippen LogP contribution in [0.3, 0.4) is 0 Å². The van der Waals surface area contributed by atoms with Crippen LogP contribution < -0.4 is 15.9 Å². The lowest BCUT2D eigenvalue weighted by atomic mass is 10.2. The summed E-state index contributed by atoms with van der Waals surface area (Å²) in [5.41, 5.74) is 8.36. The zero-order valence-electron chi connectivity index (χ0n) is 15.2. The van der Waals surface area contributed by atoms with Gasteiger partial charge in [0.2, 0.25) is 11.5 Å². The number of nitrogens with two attached hydrogens (primary N) is 1. The normalized spacial score (nSPS) is 15.3. The van der Waals surface area contributed by atoms with E-state index in [2.05, 4.69) is 16.0 Å². The molecule has 138 valence electrons. The zero-order chi connectivity index (χ0) is 19.0. The fraction of sp³-hybridized carbons (Fsp3) is 0.368. The predicted octanol–water partition coefficient (Wildman–Crippen LogP) is 0.230. The molecule has 27 heavy (non-hydrogen) atoms. The number of hydrogen-bond acceptors (Lipinski definition) is 6. The summed E-state index contributed by atoms with van der Waals surface area (Å²) in [4.78, 5) is 20.0. The molecule has 0 bridgehead atoms. The minimum absolute atomic E-state index is 0.199. The molecule has 0 atom stereocenters. The summed E-state index contributed by atoms with van der Waals surface area (Å²) in [7, 11) is 0. The van der Waals surface area contributed by atoms with Crippen LogP contribution in [-0.2, 0) is 11.3 Å². The molecule has 0 aliphatic carbocycles. The topological polar surface area (TPSA) is 101 Å². The smallest absolute Gasteiger partial charge is 0.278 e. The van der Waals surface area contributed by atoms with Gasteiger partial charge in [0.15, 0.2) is 0 Å². The van der Waals surface area contributed by atoms with Crippen LogP contribution in [0, 0.1) is 18.3 Å². The number of nitrogen functional groups attached to an aromatic ring is 1. The Labute approximate surface area is 156 Å². The molecule has 8 nitrogen and oxygen atoms in total. The summed E-state index contributed by atoms with van der Waals surface area (Å²) in [5.74, 6) is 0.335. The Balaban J connectivity index is 1.88. The van der Waals surface area contributed by atoms with Crippen molar-refractivity contribution in [2.45, 2.75) is 13.5 Å². The van der Waals surface area contributed by atoms with Gasteiger partial charge in [0.05, 0.1) is 19.8 Å². The number of rotatable bonds is 3. The van der Waals surface area contributed by atoms with Gasteiger partial charge >= 0.3 is 0 Å². The van der Waals surface area contributed by atoms with Crippen molar-refractivity contribution in [3.63, 3.8) is 0 Å². The largest absolute Gasteiger partial charge is 0.379 e. The molecule has 0 aromatic carbocycles. The molecular formula is C19H21N6O2+. The summed E-state index contributed by atoms with van der Waals surface area (Å²) in [6.45, 7) is 6.35. The van der Waals surface area contributed by atoms with Crippen molar-refractivity contribution < 1.29 is 9.30 Å². The predicted molar refractivity (Wildman–Crippen MR) is 100 cm³/mol. The van der Waals surface area contributed by atoms with E-state index in [1.807, 2.05) is 19.1 Å². The van der Waals surface area contributed by atoms with Crippen molar-refractivity contribution in [3.05, 3.63) is 45.9 Å². The van der Waals surface area contributed by atoms with Gasteiger partial charge in [-0.25, -0.2) is 4.57 Å². The van der Waals surface area contributed by atoms with E-state index < -0.39 is 0 Å². The van der Waals surface area contributed by atoms with Gasteiger partial charge in [0.1, 0.15) is 17.0 Å². The lowest BCUT2D eigenvalue weighted by molar-refractivity contribution is -0.658. The molecule has 3 aromatic rings. The molecule has 1 saturated heterocycles. The van der Waals surface area contributed by atoms with Crippen LogP contribution in [0.25, 0.3) is 16.7 Å². The van der Waals surface area contributed by atoms with Crippen LogP contribution in [0.15, 0.2) is 29.2 Å². The maximum absolute atomic E-state index is 13.0. The summed E-state index contributed by atoms with van der Waals surface area (Å²) in [6.07, 6.45) is 1.75. The van der Waals surface area contributed by atoms with Crippen molar-refractivity contribution in [3.8, 4) is 6.07 Å². The quantitative estimate of drug-likeness (QED) is 0.527. The van der Waals surface area contributed by atoms with Gasteiger partial charge in [0, 0.05) is 25.8 Å². The molecule has 0 unspecified atom stereocenters. The SMILES string of the molecule is Cc1ccc2nc3c(cc(C#N)c(N)[n+]3CCN3CCOCC3)c(=O)n2c1. The standard InChI is InChI=1S/C19H20N6O2/c1-13-2-3-16-22-18-15(19(26)25(16)12-13)10-14(11-20)17(21)24(18)5-4-23-6-8-27-9-7-23/h2-3,10,12,21H,4-9H2,1H3/p+1. The van der Waals surface area contributed by atoms with E-state index in [4.69, 9.17) is 10.5 Å². The van der Waals surface area contributed by atoms with Gasteiger partial charge in [-0.15, -0.1) is 0 Å². The van der Waals surface area contributed by atoms with Crippen LogP contribution in [-0.4, -0.2) is 47.1 Å². The molecule has 2 N–H and O–H groups in total. The molecule has 3 aromatic heterocycles. The van der Waals surface area contributed by atoms with Crippen molar-refractivity contribution in [2.24, 2.45) is 0 Å². The fourth-order valence-electron chi connectivity index (χ4n) is 3.44. The highest BCUT2D eigenvalue weighted by Gasteiger charge is 2.22. The second-order valence-electron chi connectivity index (χ2n) is 6.75. The molecule has 0 amide bonds. The molecular weight excluding hydrogens is 344 g/mol. The van der Waals surface area contributed by atoms with Crippen molar-refractivity contribution in [1.29, 1.82) is 5.26 Å². The molecule has 0 spiro atoms. The van der Waals surface area contributed by atoms with Gasteiger partial charge < -0.3 is 10.5 Å². The van der Waals surface area contributed by atoms with Gasteiger partial charge in [-0.2, -0.15) is 5.26 Å². The molecule has 0 saturated carbocycles. The third-order valence-electron chi connectivity index (χ3n) is 4.96. The van der Waals surface area contributed by atoms with E-state index in [0.717, 1.165) is 25.2 Å². The Morgan fingerprint density at radius 2 is 2.15 bits per heavy atom. The Kier molecular flexibility index (Phi) is 4.48. The summed E-state index contributed by atoms with van der Waals surface area (Å²) in [5, 5.41) is 9.86. The molecule has 1 aliphatic heterocycles. The van der Waals surface area contributed by atoms with E-state index in [1.54, 1.807) is 16.8 Å². The van der Waals surface area contributed by atoms with E-state index in [1.165, 1.54) is 4.40 Å². The fourth-order valence-corrected chi connectivity index (χ4v) is 3.44. The van der Waals surface area contributed by atoms with E-state index in [-0.39, 0.29) is 11.1 Å². The number of pyridine rings is 2. The summed E-state index contributed by atoms with van der Waals surface area (Å²) >= 11 is 0. The summed E-state index contributed by atoms with van der Waals surface area (Å²) in [6, 6.07) is 7.37. The molecule has 1 fully saturated rings. The highest BCUT2D eigenvalue weighted by Crippen LogP contribution is 2.14. The van der Waals surface area contributed by atoms with Crippen molar-refractivity contribution in [2.75, 3.05) is 38.6 Å². The minimum Gasteiger partial charge on any atom is -0.379 e. The van der Waals surface area contributed by atoms with Crippen molar-refractivity contribution >= 4 is 22.5 Å². The van der Waals surface area contributed by atoms with Gasteiger partial charge in [-0.05, 0) is 24.6 Å². The third-order valence-corrected chi connectivity index (χ3v) is 4.96. The number of aromatic nitrogens is 3. The Hall–Kier alpha value is -3.02. The van der Waals surface area contributed by atoms with Crippen LogP contribution in [0.2, 0.25) is 0 Å². The van der Waals surface area contributed by atoms with Crippen LogP contribution in [0.5, 0.6) is 0 Å². The first-order chi connectivity index (χ1) is 13.1. The number of fused-ring (bicyclic) bond motifs is 2. The summed E-state index contributed by atoms with van der Waals surface area (Å²) < 4.78 is 8.68. The maximum atomic E-state index is 13.0. The molecule has 0 radical (unpaired) electrons. The van der Waals surface area contributed by atoms with E-state index >= 15 is 0 Å². The van der Waals surface area contributed by atoms with E-state index in [0.29, 0.717) is 42.3 Å². The van der Waals surface area contributed by atoms with Gasteiger partial charge in [0.25, 0.3) is 11.2 Å². The monoisotopic (exact) mass is 365 g/mol.